The van der Waals surface area contributed by atoms with Gasteiger partial charge in [0.15, 0.2) is 4.67 Å². The summed E-state index contributed by atoms with van der Waals surface area (Å²) in [6.45, 7) is 1.90. The number of aryl methyl sites for hydroxylation is 1. The van der Waals surface area contributed by atoms with Gasteiger partial charge in [-0.1, -0.05) is 17.7 Å². The van der Waals surface area contributed by atoms with Gasteiger partial charge in [0, 0.05) is 11.1 Å². The molecule has 0 radical (unpaired) electrons. The largest absolute Gasteiger partial charge is 0.457 e. The van der Waals surface area contributed by atoms with Gasteiger partial charge in [-0.25, -0.2) is 4.39 Å². The van der Waals surface area contributed by atoms with Gasteiger partial charge in [-0.3, -0.25) is 0 Å². The number of halogens is 2. The minimum absolute atomic E-state index is 0.300. The first-order valence-electron chi connectivity index (χ1n) is 4.84. The van der Waals surface area contributed by atoms with Crippen molar-refractivity contribution >= 4 is 15.9 Å². The van der Waals surface area contributed by atoms with E-state index in [1.807, 2.05) is 6.92 Å². The molecule has 1 atom stereocenters. The topological polar surface area (TPSA) is 39.2 Å². The van der Waals surface area contributed by atoms with Crippen LogP contribution in [-0.4, -0.2) is 0 Å². The van der Waals surface area contributed by atoms with Gasteiger partial charge in [0.2, 0.25) is 0 Å². The summed E-state index contributed by atoms with van der Waals surface area (Å²) >= 11 is 3.24. The van der Waals surface area contributed by atoms with E-state index in [4.69, 9.17) is 10.2 Å². The highest BCUT2D eigenvalue weighted by molar-refractivity contribution is 9.10. The highest BCUT2D eigenvalue weighted by Crippen LogP contribution is 2.29. The highest BCUT2D eigenvalue weighted by atomic mass is 79.9. The molecule has 0 aliphatic rings. The van der Waals surface area contributed by atoms with Gasteiger partial charge >= 0.3 is 0 Å². The summed E-state index contributed by atoms with van der Waals surface area (Å²) in [6, 6.07) is 6.11. The summed E-state index contributed by atoms with van der Waals surface area (Å²) in [5.74, 6) is -0.300. The Morgan fingerprint density at radius 1 is 1.31 bits per heavy atom. The van der Waals surface area contributed by atoms with Crippen molar-refractivity contribution in [3.05, 3.63) is 57.7 Å². The molecule has 0 amide bonds. The van der Waals surface area contributed by atoms with Crippen molar-refractivity contribution in [2.24, 2.45) is 5.73 Å². The Morgan fingerprint density at radius 2 is 2.06 bits per heavy atom. The minimum atomic E-state index is -0.520. The van der Waals surface area contributed by atoms with E-state index in [0.717, 1.165) is 11.1 Å². The first-order valence-corrected chi connectivity index (χ1v) is 5.63. The molecule has 0 fully saturated rings. The van der Waals surface area contributed by atoms with Crippen LogP contribution in [0.1, 0.15) is 22.7 Å². The Morgan fingerprint density at radius 3 is 2.69 bits per heavy atom. The SMILES string of the molecule is Cc1ccc(F)c(C(N)c2ccoc2Br)c1. The van der Waals surface area contributed by atoms with Gasteiger partial charge in [0.25, 0.3) is 0 Å². The molecule has 84 valence electrons. The Bertz CT molecular complexity index is 509. The third-order valence-electron chi connectivity index (χ3n) is 2.47. The van der Waals surface area contributed by atoms with Crippen molar-refractivity contribution in [2.75, 3.05) is 0 Å². The second kappa shape index (κ2) is 4.39. The van der Waals surface area contributed by atoms with Crippen LogP contribution in [0.4, 0.5) is 4.39 Å². The quantitative estimate of drug-likeness (QED) is 0.916. The monoisotopic (exact) mass is 283 g/mol. The van der Waals surface area contributed by atoms with Gasteiger partial charge in [-0.05, 0) is 35.0 Å². The molecule has 2 N–H and O–H groups in total. The molecule has 2 aromatic rings. The molecule has 0 aliphatic heterocycles. The van der Waals surface area contributed by atoms with Crippen molar-refractivity contribution in [3.63, 3.8) is 0 Å². The van der Waals surface area contributed by atoms with E-state index in [2.05, 4.69) is 15.9 Å². The van der Waals surface area contributed by atoms with Crippen LogP contribution in [0, 0.1) is 12.7 Å². The summed E-state index contributed by atoms with van der Waals surface area (Å²) in [4.78, 5) is 0. The van der Waals surface area contributed by atoms with Crippen molar-refractivity contribution < 1.29 is 8.81 Å². The fourth-order valence-electron chi connectivity index (χ4n) is 1.60. The molecule has 1 aromatic heterocycles. The number of benzene rings is 1. The fraction of sp³-hybridized carbons (Fsp3) is 0.167. The van der Waals surface area contributed by atoms with Crippen LogP contribution < -0.4 is 5.73 Å². The van der Waals surface area contributed by atoms with Crippen LogP contribution in [0.15, 0.2) is 39.6 Å². The molecule has 16 heavy (non-hydrogen) atoms. The van der Waals surface area contributed by atoms with Gasteiger partial charge in [-0.15, -0.1) is 0 Å². The predicted octanol–water partition coefficient (Wildman–Crippen LogP) is 3.54. The van der Waals surface area contributed by atoms with Gasteiger partial charge < -0.3 is 10.2 Å². The van der Waals surface area contributed by atoms with Crippen LogP contribution >= 0.6 is 15.9 Å². The summed E-state index contributed by atoms with van der Waals surface area (Å²) < 4.78 is 19.3. The molecule has 4 heteroatoms. The van der Waals surface area contributed by atoms with Gasteiger partial charge in [0.05, 0.1) is 12.3 Å². The zero-order chi connectivity index (χ0) is 11.7. The van der Waals surface area contributed by atoms with Gasteiger partial charge in [0.1, 0.15) is 5.82 Å². The zero-order valence-electron chi connectivity index (χ0n) is 8.71. The molecular formula is C12H11BrFNO. The minimum Gasteiger partial charge on any atom is -0.457 e. The van der Waals surface area contributed by atoms with E-state index in [0.29, 0.717) is 10.2 Å². The molecule has 1 heterocycles. The molecule has 2 nitrogen and oxygen atoms in total. The van der Waals surface area contributed by atoms with Crippen molar-refractivity contribution in [3.8, 4) is 0 Å². The summed E-state index contributed by atoms with van der Waals surface area (Å²) in [5, 5.41) is 0. The van der Waals surface area contributed by atoms with E-state index >= 15 is 0 Å². The van der Waals surface area contributed by atoms with Crippen LogP contribution in [0.5, 0.6) is 0 Å². The van der Waals surface area contributed by atoms with E-state index in [9.17, 15) is 4.39 Å². The van der Waals surface area contributed by atoms with Crippen molar-refractivity contribution in [1.29, 1.82) is 0 Å². The molecule has 1 aromatic carbocycles. The Hall–Kier alpha value is -1.13. The number of furan rings is 1. The third-order valence-corrected chi connectivity index (χ3v) is 3.11. The second-order valence-corrected chi connectivity index (χ2v) is 4.37. The molecule has 0 aliphatic carbocycles. The maximum atomic E-state index is 13.6. The van der Waals surface area contributed by atoms with Gasteiger partial charge in [-0.2, -0.15) is 0 Å². The first kappa shape index (κ1) is 11.4. The lowest BCUT2D eigenvalue weighted by molar-refractivity contribution is 0.532. The predicted molar refractivity (Wildman–Crippen MR) is 63.6 cm³/mol. The average Bonchev–Trinajstić information content (AvgIpc) is 2.67. The highest BCUT2D eigenvalue weighted by Gasteiger charge is 2.17. The normalized spacial score (nSPS) is 12.8. The molecule has 0 saturated carbocycles. The number of hydrogen-bond donors (Lipinski definition) is 1. The van der Waals surface area contributed by atoms with E-state index < -0.39 is 6.04 Å². The smallest absolute Gasteiger partial charge is 0.174 e. The van der Waals surface area contributed by atoms with Crippen LogP contribution in [0.3, 0.4) is 0 Å². The second-order valence-electron chi connectivity index (χ2n) is 3.65. The Labute approximate surface area is 101 Å². The van der Waals surface area contributed by atoms with Crippen molar-refractivity contribution in [1.82, 2.24) is 0 Å². The van der Waals surface area contributed by atoms with Crippen LogP contribution in [-0.2, 0) is 0 Å². The first-order chi connectivity index (χ1) is 7.59. The third kappa shape index (κ3) is 2.03. The Kier molecular flexibility index (Phi) is 3.12. The summed E-state index contributed by atoms with van der Waals surface area (Å²) in [7, 11) is 0. The molecule has 0 saturated heterocycles. The number of nitrogens with two attached hydrogens (primary N) is 1. The van der Waals surface area contributed by atoms with E-state index in [-0.39, 0.29) is 5.82 Å². The molecule has 0 bridgehead atoms. The molecule has 0 spiro atoms. The summed E-state index contributed by atoms with van der Waals surface area (Å²) in [6.07, 6.45) is 1.52. The fourth-order valence-corrected chi connectivity index (χ4v) is 2.08. The van der Waals surface area contributed by atoms with Crippen molar-refractivity contribution in [2.45, 2.75) is 13.0 Å². The van der Waals surface area contributed by atoms with Crippen LogP contribution in [0.25, 0.3) is 0 Å². The molecular weight excluding hydrogens is 273 g/mol. The maximum Gasteiger partial charge on any atom is 0.174 e. The lowest BCUT2D eigenvalue weighted by Gasteiger charge is -2.12. The average molecular weight is 284 g/mol. The lowest BCUT2D eigenvalue weighted by Crippen LogP contribution is -2.13. The zero-order valence-corrected chi connectivity index (χ0v) is 10.3. The number of hydrogen-bond acceptors (Lipinski definition) is 2. The van der Waals surface area contributed by atoms with Crippen LogP contribution in [0.2, 0.25) is 0 Å². The lowest BCUT2D eigenvalue weighted by atomic mass is 10.00. The summed E-state index contributed by atoms with van der Waals surface area (Å²) in [5.41, 5.74) is 8.19. The standard InChI is InChI=1S/C12H11BrFNO/c1-7-2-3-10(14)9(6-7)11(15)8-4-5-16-12(8)13/h2-6,11H,15H2,1H3. The van der Waals surface area contributed by atoms with E-state index in [1.165, 1.54) is 12.3 Å². The van der Waals surface area contributed by atoms with E-state index in [1.54, 1.807) is 18.2 Å². The molecule has 1 unspecified atom stereocenters. The Balaban J connectivity index is 2.45. The maximum absolute atomic E-state index is 13.6. The molecule has 2 rings (SSSR count). The number of rotatable bonds is 2.